The summed E-state index contributed by atoms with van der Waals surface area (Å²) in [6, 6.07) is 1.87. The van der Waals surface area contributed by atoms with E-state index in [1.807, 2.05) is 22.5 Å². The number of methoxy groups -OCH3 is 1. The summed E-state index contributed by atoms with van der Waals surface area (Å²) in [5, 5.41) is 9.26. The lowest BCUT2D eigenvalue weighted by molar-refractivity contribution is -0.132. The van der Waals surface area contributed by atoms with Crippen molar-refractivity contribution in [2.75, 3.05) is 45.8 Å². The normalized spacial score (nSPS) is 14.9. The van der Waals surface area contributed by atoms with Crippen molar-refractivity contribution < 1.29 is 18.7 Å². The first-order chi connectivity index (χ1) is 12.2. The minimum Gasteiger partial charge on any atom is -0.469 e. The molecular formula is C16H22N4O4S. The van der Waals surface area contributed by atoms with E-state index in [9.17, 15) is 4.79 Å². The summed E-state index contributed by atoms with van der Waals surface area (Å²) in [5.41, 5.74) is 0.898. The first kappa shape index (κ1) is 18.0. The number of aryl methyl sites for hydroxylation is 1. The van der Waals surface area contributed by atoms with Gasteiger partial charge in [-0.1, -0.05) is 11.8 Å². The lowest BCUT2D eigenvalue weighted by atomic mass is 10.2. The van der Waals surface area contributed by atoms with Gasteiger partial charge in [0.05, 0.1) is 43.9 Å². The van der Waals surface area contributed by atoms with Crippen molar-refractivity contribution in [3.8, 4) is 11.4 Å². The summed E-state index contributed by atoms with van der Waals surface area (Å²) in [7, 11) is 1.65. The van der Waals surface area contributed by atoms with Crippen LogP contribution in [0.25, 0.3) is 11.4 Å². The highest BCUT2D eigenvalue weighted by Gasteiger charge is 2.21. The summed E-state index contributed by atoms with van der Waals surface area (Å²) in [6.07, 6.45) is 1.63. The molecule has 0 aliphatic carbocycles. The zero-order valence-corrected chi connectivity index (χ0v) is 15.3. The Labute approximate surface area is 150 Å². The van der Waals surface area contributed by atoms with Gasteiger partial charge in [-0.3, -0.25) is 9.36 Å². The van der Waals surface area contributed by atoms with Gasteiger partial charge in [0.1, 0.15) is 5.76 Å². The summed E-state index contributed by atoms with van der Waals surface area (Å²) in [6.45, 7) is 5.53. The Hall–Kier alpha value is -1.84. The number of hydrogen-bond acceptors (Lipinski definition) is 7. The predicted molar refractivity (Wildman–Crippen MR) is 92.5 cm³/mol. The third kappa shape index (κ3) is 4.23. The minimum atomic E-state index is 0.0932. The molecule has 2 aromatic rings. The molecule has 2 aromatic heterocycles. The van der Waals surface area contributed by atoms with E-state index >= 15 is 0 Å². The number of carbonyl (C=O) groups excluding carboxylic acids is 1. The molecule has 1 aliphatic heterocycles. The van der Waals surface area contributed by atoms with Crippen molar-refractivity contribution in [3.05, 3.63) is 18.1 Å². The molecule has 0 atom stereocenters. The number of rotatable bonds is 7. The molecular weight excluding hydrogens is 344 g/mol. The van der Waals surface area contributed by atoms with Crippen LogP contribution in [0, 0.1) is 6.92 Å². The van der Waals surface area contributed by atoms with E-state index in [2.05, 4.69) is 10.2 Å². The van der Waals surface area contributed by atoms with Gasteiger partial charge in [-0.15, -0.1) is 10.2 Å². The maximum Gasteiger partial charge on any atom is 0.233 e. The average Bonchev–Trinajstić information content (AvgIpc) is 3.24. The van der Waals surface area contributed by atoms with Gasteiger partial charge in [0.15, 0.2) is 11.0 Å². The van der Waals surface area contributed by atoms with Gasteiger partial charge < -0.3 is 18.8 Å². The highest BCUT2D eigenvalue weighted by Crippen LogP contribution is 2.27. The number of morpholine rings is 1. The number of carbonyl (C=O) groups is 1. The van der Waals surface area contributed by atoms with Gasteiger partial charge >= 0.3 is 0 Å². The van der Waals surface area contributed by atoms with E-state index < -0.39 is 0 Å². The van der Waals surface area contributed by atoms with Crippen LogP contribution in [0.15, 0.2) is 21.9 Å². The van der Waals surface area contributed by atoms with Gasteiger partial charge in [0.25, 0.3) is 0 Å². The SMILES string of the molecule is COCCn1c(SCC(=O)N2CCOCC2)nnc1-c1ccoc1C. The van der Waals surface area contributed by atoms with E-state index in [4.69, 9.17) is 13.9 Å². The first-order valence-electron chi connectivity index (χ1n) is 8.15. The second-order valence-electron chi connectivity index (χ2n) is 5.62. The number of furan rings is 1. The van der Waals surface area contributed by atoms with Gasteiger partial charge in [0, 0.05) is 20.2 Å². The molecule has 0 bridgehead atoms. The van der Waals surface area contributed by atoms with Crippen LogP contribution < -0.4 is 0 Å². The summed E-state index contributed by atoms with van der Waals surface area (Å²) in [5.74, 6) is 1.93. The number of aromatic nitrogens is 3. The molecule has 1 amide bonds. The Balaban J connectivity index is 1.73. The second-order valence-corrected chi connectivity index (χ2v) is 6.57. The third-order valence-corrected chi connectivity index (χ3v) is 4.98. The lowest BCUT2D eigenvalue weighted by Gasteiger charge is -2.26. The topological polar surface area (TPSA) is 82.6 Å². The molecule has 0 radical (unpaired) electrons. The molecule has 0 unspecified atom stereocenters. The molecule has 136 valence electrons. The average molecular weight is 366 g/mol. The van der Waals surface area contributed by atoms with Gasteiger partial charge in [-0.05, 0) is 13.0 Å². The summed E-state index contributed by atoms with van der Waals surface area (Å²) < 4.78 is 17.8. The number of hydrogen-bond donors (Lipinski definition) is 0. The second kappa shape index (κ2) is 8.50. The number of ether oxygens (including phenoxy) is 2. The fourth-order valence-electron chi connectivity index (χ4n) is 2.63. The maximum atomic E-state index is 12.3. The van der Waals surface area contributed by atoms with E-state index in [0.29, 0.717) is 50.4 Å². The Bertz CT molecular complexity index is 709. The molecule has 0 aromatic carbocycles. The van der Waals surface area contributed by atoms with Crippen LogP contribution in [0.2, 0.25) is 0 Å². The van der Waals surface area contributed by atoms with E-state index in [1.54, 1.807) is 13.4 Å². The van der Waals surface area contributed by atoms with Gasteiger partial charge in [0.2, 0.25) is 5.91 Å². The number of nitrogens with zero attached hydrogens (tertiary/aromatic N) is 4. The molecule has 25 heavy (non-hydrogen) atoms. The zero-order chi connectivity index (χ0) is 17.6. The molecule has 3 rings (SSSR count). The van der Waals surface area contributed by atoms with Gasteiger partial charge in [-0.2, -0.15) is 0 Å². The molecule has 1 aliphatic rings. The predicted octanol–water partition coefficient (Wildman–Crippen LogP) is 1.44. The van der Waals surface area contributed by atoms with Crippen LogP contribution in [0.1, 0.15) is 5.76 Å². The number of amides is 1. The van der Waals surface area contributed by atoms with Crippen LogP contribution in [0.3, 0.4) is 0 Å². The van der Waals surface area contributed by atoms with Crippen molar-refractivity contribution in [1.29, 1.82) is 0 Å². The van der Waals surface area contributed by atoms with E-state index in [0.717, 1.165) is 17.1 Å². The fourth-order valence-corrected chi connectivity index (χ4v) is 3.49. The van der Waals surface area contributed by atoms with Crippen molar-refractivity contribution in [2.45, 2.75) is 18.6 Å². The first-order valence-corrected chi connectivity index (χ1v) is 9.14. The van der Waals surface area contributed by atoms with Crippen LogP contribution in [0.4, 0.5) is 0 Å². The van der Waals surface area contributed by atoms with Crippen molar-refractivity contribution in [3.63, 3.8) is 0 Å². The Morgan fingerprint density at radius 1 is 1.36 bits per heavy atom. The maximum absolute atomic E-state index is 12.3. The molecule has 0 spiro atoms. The molecule has 8 nitrogen and oxygen atoms in total. The molecule has 1 saturated heterocycles. The van der Waals surface area contributed by atoms with Crippen LogP contribution in [-0.2, 0) is 20.8 Å². The smallest absolute Gasteiger partial charge is 0.233 e. The van der Waals surface area contributed by atoms with Crippen molar-refractivity contribution in [2.24, 2.45) is 0 Å². The van der Waals surface area contributed by atoms with Crippen LogP contribution in [-0.4, -0.2) is 71.3 Å². The Morgan fingerprint density at radius 2 is 2.16 bits per heavy atom. The molecule has 0 N–H and O–H groups in total. The fraction of sp³-hybridized carbons (Fsp3) is 0.562. The third-order valence-electron chi connectivity index (χ3n) is 4.02. The number of thioether (sulfide) groups is 1. The molecule has 3 heterocycles. The lowest BCUT2D eigenvalue weighted by Crippen LogP contribution is -2.41. The monoisotopic (exact) mass is 366 g/mol. The highest BCUT2D eigenvalue weighted by molar-refractivity contribution is 7.99. The Morgan fingerprint density at radius 3 is 2.84 bits per heavy atom. The molecule has 0 saturated carbocycles. The van der Waals surface area contributed by atoms with Gasteiger partial charge in [-0.25, -0.2) is 0 Å². The van der Waals surface area contributed by atoms with Crippen molar-refractivity contribution >= 4 is 17.7 Å². The largest absolute Gasteiger partial charge is 0.469 e. The van der Waals surface area contributed by atoms with Crippen molar-refractivity contribution in [1.82, 2.24) is 19.7 Å². The summed E-state index contributed by atoms with van der Waals surface area (Å²) >= 11 is 1.39. The van der Waals surface area contributed by atoms with Crippen LogP contribution >= 0.6 is 11.8 Å². The molecule has 1 fully saturated rings. The zero-order valence-electron chi connectivity index (χ0n) is 14.4. The van der Waals surface area contributed by atoms with Crippen LogP contribution in [0.5, 0.6) is 0 Å². The standard InChI is InChI=1S/C16H22N4O4S/c1-12-13(3-7-24-12)15-17-18-16(20(15)6-8-22-2)25-11-14(21)19-4-9-23-10-5-19/h3,7H,4-6,8-11H2,1-2H3. The minimum absolute atomic E-state index is 0.0932. The van der Waals surface area contributed by atoms with E-state index in [-0.39, 0.29) is 5.91 Å². The van der Waals surface area contributed by atoms with E-state index in [1.165, 1.54) is 11.8 Å². The summed E-state index contributed by atoms with van der Waals surface area (Å²) in [4.78, 5) is 14.2. The molecule has 9 heteroatoms. The quantitative estimate of drug-likeness (QED) is 0.686. The highest BCUT2D eigenvalue weighted by atomic mass is 32.2. The Kier molecular flexibility index (Phi) is 6.11.